The van der Waals surface area contributed by atoms with Gasteiger partial charge in [-0.15, -0.1) is 0 Å². The number of amides is 1. The molecule has 0 aromatic carbocycles. The minimum absolute atomic E-state index is 0.243. The van der Waals surface area contributed by atoms with E-state index in [2.05, 4.69) is 16.1 Å². The Labute approximate surface area is 182 Å². The second-order valence-electron chi connectivity index (χ2n) is 6.91. The van der Waals surface area contributed by atoms with Crippen LogP contribution in [0.15, 0.2) is 12.4 Å². The van der Waals surface area contributed by atoms with E-state index >= 15 is 0 Å². The summed E-state index contributed by atoms with van der Waals surface area (Å²) >= 11 is 0. The van der Waals surface area contributed by atoms with Crippen molar-refractivity contribution in [3.63, 3.8) is 0 Å². The molecule has 1 aliphatic heterocycles. The number of esters is 1. The summed E-state index contributed by atoms with van der Waals surface area (Å²) in [4.78, 5) is 24.6. The summed E-state index contributed by atoms with van der Waals surface area (Å²) in [5.41, 5.74) is 0. The van der Waals surface area contributed by atoms with Crippen LogP contribution >= 0.6 is 0 Å². The highest BCUT2D eigenvalue weighted by molar-refractivity contribution is 7.87. The Morgan fingerprint density at radius 3 is 1.94 bits per heavy atom. The first-order valence-corrected chi connectivity index (χ1v) is 10.5. The average molecular weight is 521 g/mol. The van der Waals surface area contributed by atoms with Crippen molar-refractivity contribution in [3.05, 3.63) is 12.4 Å². The molecule has 1 aliphatic rings. The summed E-state index contributed by atoms with van der Waals surface area (Å²) in [7, 11) is -6.59. The van der Waals surface area contributed by atoms with E-state index < -0.39 is 70.4 Å². The van der Waals surface area contributed by atoms with Crippen molar-refractivity contribution >= 4 is 22.0 Å². The third kappa shape index (κ3) is 6.32. The Balaban J connectivity index is 3.17. The molecule has 8 nitrogen and oxygen atoms in total. The van der Waals surface area contributed by atoms with Crippen molar-refractivity contribution in [2.24, 2.45) is 0 Å². The molecule has 1 rings (SSSR count). The number of ether oxygens (including phenoxy) is 2. The first-order valence-electron chi connectivity index (χ1n) is 9.10. The molecule has 1 atom stereocenters. The SMILES string of the molecule is C=C(F)C(=O)OC(OCCCC(F)(F)C(F)(F)S(=O)(=O)O)(C(=O)N1CCCCC1)C(F)(F)F. The lowest BCUT2D eigenvalue weighted by atomic mass is 10.1. The van der Waals surface area contributed by atoms with E-state index in [1.807, 2.05) is 0 Å². The van der Waals surface area contributed by atoms with E-state index in [1.54, 1.807) is 0 Å². The van der Waals surface area contributed by atoms with Crippen LogP contribution in [0.25, 0.3) is 0 Å². The summed E-state index contributed by atoms with van der Waals surface area (Å²) in [5, 5.41) is -5.98. The Bertz CT molecular complexity index is 855. The molecular formula is C16H19F8NO7S. The number of hydrogen-bond acceptors (Lipinski definition) is 6. The second kappa shape index (κ2) is 10.1. The van der Waals surface area contributed by atoms with Crippen LogP contribution < -0.4 is 0 Å². The fourth-order valence-corrected chi connectivity index (χ4v) is 3.21. The zero-order valence-corrected chi connectivity index (χ0v) is 17.5. The fraction of sp³-hybridized carbons (Fsp3) is 0.750. The highest BCUT2D eigenvalue weighted by atomic mass is 32.2. The molecule has 192 valence electrons. The van der Waals surface area contributed by atoms with Crippen molar-refractivity contribution in [1.29, 1.82) is 0 Å². The van der Waals surface area contributed by atoms with E-state index in [9.17, 15) is 53.1 Å². The quantitative estimate of drug-likeness (QED) is 0.117. The van der Waals surface area contributed by atoms with Gasteiger partial charge < -0.3 is 14.4 Å². The summed E-state index contributed by atoms with van der Waals surface area (Å²) < 4.78 is 145. The van der Waals surface area contributed by atoms with Gasteiger partial charge in [-0.25, -0.2) is 4.79 Å². The predicted octanol–water partition coefficient (Wildman–Crippen LogP) is 3.20. The van der Waals surface area contributed by atoms with Gasteiger partial charge in [0.2, 0.25) is 5.83 Å². The average Bonchev–Trinajstić information content (AvgIpc) is 2.68. The summed E-state index contributed by atoms with van der Waals surface area (Å²) in [6.07, 6.45) is -8.40. The minimum Gasteiger partial charge on any atom is -0.410 e. The van der Waals surface area contributed by atoms with Crippen molar-refractivity contribution in [2.75, 3.05) is 19.7 Å². The van der Waals surface area contributed by atoms with Crippen molar-refractivity contribution < 1.29 is 67.2 Å². The van der Waals surface area contributed by atoms with Crippen LogP contribution in [0.3, 0.4) is 0 Å². The molecule has 0 radical (unpaired) electrons. The fourth-order valence-electron chi connectivity index (χ4n) is 2.73. The molecule has 1 unspecified atom stereocenters. The second-order valence-corrected chi connectivity index (χ2v) is 8.37. The zero-order chi connectivity index (χ0) is 25.9. The monoisotopic (exact) mass is 521 g/mol. The number of rotatable bonds is 10. The standard InChI is InChI=1S/C16H19F8NO7S/c1-10(17)11(26)32-14(15(20,21)22,12(27)25-7-3-2-4-8-25)31-9-5-6-13(18,19)16(23,24)33(28,29)30/h1-9H2,(H,28,29,30). The molecule has 1 amide bonds. The maximum atomic E-state index is 13.8. The Hall–Kier alpha value is -2.01. The number of hydrogen-bond donors (Lipinski definition) is 1. The molecule has 1 saturated heterocycles. The van der Waals surface area contributed by atoms with Gasteiger partial charge in [0.1, 0.15) is 0 Å². The molecule has 1 fully saturated rings. The van der Waals surface area contributed by atoms with Crippen LogP contribution in [0.1, 0.15) is 32.1 Å². The van der Waals surface area contributed by atoms with Gasteiger partial charge in [-0.1, -0.05) is 6.58 Å². The molecule has 0 spiro atoms. The molecular weight excluding hydrogens is 502 g/mol. The molecule has 33 heavy (non-hydrogen) atoms. The lowest BCUT2D eigenvalue weighted by Gasteiger charge is -2.38. The summed E-state index contributed by atoms with van der Waals surface area (Å²) in [6, 6.07) is 0. The van der Waals surface area contributed by atoms with Gasteiger partial charge in [0, 0.05) is 19.5 Å². The molecule has 1 N–H and O–H groups in total. The molecule has 1 heterocycles. The van der Waals surface area contributed by atoms with Crippen LogP contribution in [0, 0.1) is 0 Å². The lowest BCUT2D eigenvalue weighted by molar-refractivity contribution is -0.351. The Kier molecular flexibility index (Phi) is 8.87. The van der Waals surface area contributed by atoms with Gasteiger partial charge in [-0.2, -0.15) is 43.5 Å². The number of halogens is 8. The van der Waals surface area contributed by atoms with Crippen molar-refractivity contribution in [1.82, 2.24) is 4.90 Å². The van der Waals surface area contributed by atoms with E-state index in [4.69, 9.17) is 4.55 Å². The highest BCUT2D eigenvalue weighted by Gasteiger charge is 2.68. The van der Waals surface area contributed by atoms with Crippen molar-refractivity contribution in [3.8, 4) is 0 Å². The van der Waals surface area contributed by atoms with Gasteiger partial charge >= 0.3 is 45.1 Å². The Morgan fingerprint density at radius 1 is 1.00 bits per heavy atom. The number of piperidine rings is 1. The lowest BCUT2D eigenvalue weighted by Crippen LogP contribution is -2.63. The van der Waals surface area contributed by atoms with Crippen LogP contribution in [-0.2, 0) is 29.2 Å². The van der Waals surface area contributed by atoms with Crippen molar-refractivity contribution in [2.45, 2.75) is 55.2 Å². The predicted molar refractivity (Wildman–Crippen MR) is 92.2 cm³/mol. The Morgan fingerprint density at radius 2 is 1.52 bits per heavy atom. The van der Waals surface area contributed by atoms with Gasteiger partial charge in [0.15, 0.2) is 0 Å². The van der Waals surface area contributed by atoms with Crippen LogP contribution in [0.5, 0.6) is 0 Å². The normalized spacial score (nSPS) is 17.9. The van der Waals surface area contributed by atoms with Gasteiger partial charge in [0.05, 0.1) is 6.61 Å². The summed E-state index contributed by atoms with van der Waals surface area (Å²) in [6.45, 7) is 0.338. The third-order valence-electron chi connectivity index (χ3n) is 4.45. The minimum atomic E-state index is -6.59. The van der Waals surface area contributed by atoms with Gasteiger partial charge in [0.25, 0.3) is 0 Å². The molecule has 0 aliphatic carbocycles. The van der Waals surface area contributed by atoms with Crippen LogP contribution in [0.4, 0.5) is 35.1 Å². The maximum Gasteiger partial charge on any atom is 0.466 e. The van der Waals surface area contributed by atoms with E-state index in [0.717, 1.165) is 0 Å². The molecule has 17 heteroatoms. The number of carbonyl (C=O) groups is 2. The van der Waals surface area contributed by atoms with Gasteiger partial charge in [-0.3, -0.25) is 9.35 Å². The number of carbonyl (C=O) groups excluding carboxylic acids is 2. The zero-order valence-electron chi connectivity index (χ0n) is 16.6. The first kappa shape index (κ1) is 29.0. The molecule has 0 bridgehead atoms. The van der Waals surface area contributed by atoms with Crippen LogP contribution in [-0.4, -0.2) is 72.6 Å². The van der Waals surface area contributed by atoms with E-state index in [0.29, 0.717) is 11.3 Å². The number of alkyl halides is 7. The van der Waals surface area contributed by atoms with Crippen LogP contribution in [0.2, 0.25) is 0 Å². The topological polar surface area (TPSA) is 110 Å². The van der Waals surface area contributed by atoms with Gasteiger partial charge in [-0.05, 0) is 25.7 Å². The largest absolute Gasteiger partial charge is 0.466 e. The molecule has 0 saturated carbocycles. The number of likely N-dealkylation sites (tertiary alicyclic amines) is 1. The number of nitrogens with zero attached hydrogens (tertiary/aromatic N) is 1. The smallest absolute Gasteiger partial charge is 0.410 e. The molecule has 0 aromatic heterocycles. The highest BCUT2D eigenvalue weighted by Crippen LogP contribution is 2.42. The third-order valence-corrected chi connectivity index (χ3v) is 5.39. The summed E-state index contributed by atoms with van der Waals surface area (Å²) in [5.74, 6) is -16.4. The van der Waals surface area contributed by atoms with E-state index in [1.165, 1.54) is 0 Å². The first-order chi connectivity index (χ1) is 14.8. The molecule has 0 aromatic rings. The maximum absolute atomic E-state index is 13.8. The van der Waals surface area contributed by atoms with E-state index in [-0.39, 0.29) is 25.9 Å².